The van der Waals surface area contributed by atoms with Crippen LogP contribution < -0.4 is 0 Å². The van der Waals surface area contributed by atoms with E-state index in [1.165, 1.54) is 32.4 Å². The summed E-state index contributed by atoms with van der Waals surface area (Å²) in [4.78, 5) is 2.50. The molecule has 0 saturated carbocycles. The quantitative estimate of drug-likeness (QED) is 0.752. The van der Waals surface area contributed by atoms with E-state index in [0.717, 1.165) is 18.5 Å². The van der Waals surface area contributed by atoms with E-state index in [2.05, 4.69) is 23.0 Å². The van der Waals surface area contributed by atoms with E-state index in [1.807, 2.05) is 18.2 Å². The molecule has 0 aliphatic carbocycles. The summed E-state index contributed by atoms with van der Waals surface area (Å²) in [5.74, 6) is 2.87. The molecular weight excluding hydrogens is 234 g/mol. The highest BCUT2D eigenvalue weighted by Gasteiger charge is 2.30. The Morgan fingerprint density at radius 3 is 2.47 bits per heavy atom. The zero-order chi connectivity index (χ0) is 13.6. The van der Waals surface area contributed by atoms with Gasteiger partial charge in [0.25, 0.3) is 0 Å². The normalized spacial score (nSPS) is 19.6. The van der Waals surface area contributed by atoms with Crippen molar-refractivity contribution in [3.05, 3.63) is 35.9 Å². The zero-order valence-corrected chi connectivity index (χ0v) is 11.8. The summed E-state index contributed by atoms with van der Waals surface area (Å²) in [5.41, 5.74) is 0.496. The van der Waals surface area contributed by atoms with Crippen LogP contribution in [0.3, 0.4) is 0 Å². The molecule has 19 heavy (non-hydrogen) atoms. The molecule has 1 atom stereocenters. The predicted octanol–water partition coefficient (Wildman–Crippen LogP) is 3.04. The molecule has 1 heterocycles. The minimum atomic E-state index is -0.585. The number of piperidine rings is 1. The first-order valence-electron chi connectivity index (χ1n) is 7.11. The second-order valence-corrected chi connectivity index (χ2v) is 5.19. The number of ether oxygens (including phenoxy) is 1. The lowest BCUT2D eigenvalue weighted by atomic mass is 9.90. The Bertz CT molecular complexity index is 417. The van der Waals surface area contributed by atoms with Gasteiger partial charge in [-0.1, -0.05) is 42.7 Å². The summed E-state index contributed by atoms with van der Waals surface area (Å²) >= 11 is 0. The lowest BCUT2D eigenvalue weighted by Crippen LogP contribution is -2.36. The third kappa shape index (κ3) is 3.37. The second kappa shape index (κ2) is 6.75. The van der Waals surface area contributed by atoms with Crippen molar-refractivity contribution in [3.63, 3.8) is 0 Å². The average molecular weight is 257 g/mol. The van der Waals surface area contributed by atoms with E-state index in [-0.39, 0.29) is 0 Å². The van der Waals surface area contributed by atoms with E-state index in [1.54, 1.807) is 7.11 Å². The van der Waals surface area contributed by atoms with Crippen LogP contribution in [0.1, 0.15) is 31.2 Å². The average Bonchev–Trinajstić information content (AvgIpc) is 2.51. The maximum absolute atomic E-state index is 5.77. The fourth-order valence-corrected chi connectivity index (χ4v) is 2.78. The molecule has 102 valence electrons. The SMILES string of the molecule is C#C[C@@](CCN1CCCCC1)(OC)c1ccccc1. The molecule has 1 aromatic rings. The Balaban J connectivity index is 2.05. The predicted molar refractivity (Wildman–Crippen MR) is 78.9 cm³/mol. The van der Waals surface area contributed by atoms with Gasteiger partial charge in [-0.2, -0.15) is 0 Å². The van der Waals surface area contributed by atoms with Crippen LogP contribution in [0, 0.1) is 12.3 Å². The molecule has 2 nitrogen and oxygen atoms in total. The summed E-state index contributed by atoms with van der Waals surface area (Å²) in [7, 11) is 1.71. The molecule has 0 bridgehead atoms. The molecule has 2 rings (SSSR count). The lowest BCUT2D eigenvalue weighted by molar-refractivity contribution is 0.0200. The third-order valence-corrected chi connectivity index (χ3v) is 4.05. The summed E-state index contributed by atoms with van der Waals surface area (Å²) in [5, 5.41) is 0. The Morgan fingerprint density at radius 2 is 1.89 bits per heavy atom. The highest BCUT2D eigenvalue weighted by molar-refractivity contribution is 5.30. The summed E-state index contributed by atoms with van der Waals surface area (Å²) in [6, 6.07) is 10.1. The van der Waals surface area contributed by atoms with Gasteiger partial charge in [-0.05, 0) is 31.5 Å². The molecule has 0 aromatic heterocycles. The highest BCUT2D eigenvalue weighted by atomic mass is 16.5. The monoisotopic (exact) mass is 257 g/mol. The van der Waals surface area contributed by atoms with Gasteiger partial charge in [0.2, 0.25) is 0 Å². The van der Waals surface area contributed by atoms with Crippen molar-refractivity contribution in [1.82, 2.24) is 4.90 Å². The van der Waals surface area contributed by atoms with Gasteiger partial charge in [0.05, 0.1) is 0 Å². The molecule has 2 heteroatoms. The van der Waals surface area contributed by atoms with Gasteiger partial charge < -0.3 is 9.64 Å². The first-order valence-corrected chi connectivity index (χ1v) is 7.11. The zero-order valence-electron chi connectivity index (χ0n) is 11.8. The van der Waals surface area contributed by atoms with Crippen LogP contribution in [-0.4, -0.2) is 31.6 Å². The van der Waals surface area contributed by atoms with Crippen LogP contribution in [0.25, 0.3) is 0 Å². The standard InChI is InChI=1S/C17H23NO/c1-3-17(19-2,16-10-6-4-7-11-16)12-15-18-13-8-5-9-14-18/h1,4,6-7,10-11H,5,8-9,12-15H2,2H3/t17-/m0/s1. The molecule has 1 saturated heterocycles. The maximum Gasteiger partial charge on any atom is 0.154 e. The summed E-state index contributed by atoms with van der Waals surface area (Å²) < 4.78 is 5.70. The van der Waals surface area contributed by atoms with E-state index in [0.29, 0.717) is 0 Å². The Morgan fingerprint density at radius 1 is 1.21 bits per heavy atom. The molecule has 0 spiro atoms. The summed E-state index contributed by atoms with van der Waals surface area (Å²) in [6.07, 6.45) is 10.6. The van der Waals surface area contributed by atoms with Crippen LogP contribution in [-0.2, 0) is 10.3 Å². The lowest BCUT2D eigenvalue weighted by Gasteiger charge is -2.32. The van der Waals surface area contributed by atoms with E-state index >= 15 is 0 Å². The van der Waals surface area contributed by atoms with E-state index < -0.39 is 5.60 Å². The van der Waals surface area contributed by atoms with E-state index in [9.17, 15) is 0 Å². The van der Waals surface area contributed by atoms with Gasteiger partial charge in [-0.25, -0.2) is 0 Å². The smallest absolute Gasteiger partial charge is 0.154 e. The second-order valence-electron chi connectivity index (χ2n) is 5.19. The van der Waals surface area contributed by atoms with Gasteiger partial charge in [0.1, 0.15) is 0 Å². The third-order valence-electron chi connectivity index (χ3n) is 4.05. The molecule has 0 radical (unpaired) electrons. The molecule has 1 fully saturated rings. The Kier molecular flexibility index (Phi) is 5.01. The number of hydrogen-bond donors (Lipinski definition) is 0. The molecule has 0 unspecified atom stereocenters. The number of terminal acetylenes is 1. The fourth-order valence-electron chi connectivity index (χ4n) is 2.78. The molecule has 1 aliphatic rings. The number of methoxy groups -OCH3 is 1. The van der Waals surface area contributed by atoms with Gasteiger partial charge in [-0.15, -0.1) is 6.42 Å². The van der Waals surface area contributed by atoms with Gasteiger partial charge >= 0.3 is 0 Å². The Labute approximate surface area is 116 Å². The first-order chi connectivity index (χ1) is 9.30. The van der Waals surface area contributed by atoms with Crippen LogP contribution in [0.2, 0.25) is 0 Å². The first kappa shape index (κ1) is 14.1. The topological polar surface area (TPSA) is 12.5 Å². The summed E-state index contributed by atoms with van der Waals surface area (Å²) in [6.45, 7) is 3.39. The van der Waals surface area contributed by atoms with Crippen molar-refractivity contribution in [2.45, 2.75) is 31.3 Å². The van der Waals surface area contributed by atoms with Crippen molar-refractivity contribution >= 4 is 0 Å². The Hall–Kier alpha value is -1.30. The van der Waals surface area contributed by atoms with Gasteiger partial charge in [0, 0.05) is 20.1 Å². The maximum atomic E-state index is 5.77. The number of likely N-dealkylation sites (tertiary alicyclic amines) is 1. The van der Waals surface area contributed by atoms with Crippen molar-refractivity contribution in [1.29, 1.82) is 0 Å². The van der Waals surface area contributed by atoms with Crippen molar-refractivity contribution in [2.24, 2.45) is 0 Å². The molecule has 0 N–H and O–H groups in total. The number of benzene rings is 1. The fraction of sp³-hybridized carbons (Fsp3) is 0.529. The van der Waals surface area contributed by atoms with Crippen LogP contribution in [0.4, 0.5) is 0 Å². The largest absolute Gasteiger partial charge is 0.361 e. The van der Waals surface area contributed by atoms with Crippen LogP contribution >= 0.6 is 0 Å². The van der Waals surface area contributed by atoms with E-state index in [4.69, 9.17) is 11.2 Å². The molecule has 1 aliphatic heterocycles. The van der Waals surface area contributed by atoms with Crippen LogP contribution in [0.5, 0.6) is 0 Å². The molecule has 0 amide bonds. The van der Waals surface area contributed by atoms with Gasteiger partial charge in [-0.3, -0.25) is 0 Å². The minimum Gasteiger partial charge on any atom is -0.361 e. The van der Waals surface area contributed by atoms with Crippen molar-refractivity contribution in [3.8, 4) is 12.3 Å². The number of hydrogen-bond acceptors (Lipinski definition) is 2. The molecule has 1 aromatic carbocycles. The van der Waals surface area contributed by atoms with Crippen LogP contribution in [0.15, 0.2) is 30.3 Å². The molecular formula is C17H23NO. The minimum absolute atomic E-state index is 0.585. The van der Waals surface area contributed by atoms with Gasteiger partial charge in [0.15, 0.2) is 5.60 Å². The highest BCUT2D eigenvalue weighted by Crippen LogP contribution is 2.28. The van der Waals surface area contributed by atoms with Crippen molar-refractivity contribution in [2.75, 3.05) is 26.7 Å². The van der Waals surface area contributed by atoms with Crippen molar-refractivity contribution < 1.29 is 4.74 Å². The number of rotatable bonds is 5. The number of nitrogens with zero attached hydrogens (tertiary/aromatic N) is 1.